The quantitative estimate of drug-likeness (QED) is 0.743. The topological polar surface area (TPSA) is 61.4 Å². The Morgan fingerprint density at radius 2 is 1.86 bits per heavy atom. The molecule has 0 bridgehead atoms. The molecule has 3 rings (SSSR count). The van der Waals surface area contributed by atoms with Crippen LogP contribution < -0.4 is 10.6 Å². The van der Waals surface area contributed by atoms with Gasteiger partial charge in [-0.2, -0.15) is 0 Å². The number of hydrogen-bond donors (Lipinski definition) is 2. The predicted molar refractivity (Wildman–Crippen MR) is 112 cm³/mol. The fraction of sp³-hybridized carbons (Fsp3) is 0.391. The number of anilines is 1. The summed E-state index contributed by atoms with van der Waals surface area (Å²) >= 11 is 0. The van der Waals surface area contributed by atoms with Gasteiger partial charge in [0.05, 0.1) is 17.8 Å². The zero-order valence-corrected chi connectivity index (χ0v) is 17.0. The number of halogens is 1. The summed E-state index contributed by atoms with van der Waals surface area (Å²) in [5, 5.41) is 5.77. The highest BCUT2D eigenvalue weighted by Gasteiger charge is 2.27. The fourth-order valence-electron chi connectivity index (χ4n) is 3.63. The molecule has 1 aliphatic heterocycles. The van der Waals surface area contributed by atoms with Crippen molar-refractivity contribution in [1.82, 2.24) is 10.2 Å². The average Bonchev–Trinajstić information content (AvgIpc) is 3.15. The van der Waals surface area contributed by atoms with Crippen LogP contribution in [0, 0.1) is 11.7 Å². The molecule has 1 unspecified atom stereocenters. The zero-order chi connectivity index (χ0) is 20.8. The van der Waals surface area contributed by atoms with E-state index in [9.17, 15) is 14.0 Å². The highest BCUT2D eigenvalue weighted by molar-refractivity contribution is 6.04. The molecule has 0 saturated carbocycles. The summed E-state index contributed by atoms with van der Waals surface area (Å²) in [5.41, 5.74) is 1.99. The Kier molecular flexibility index (Phi) is 6.99. The van der Waals surface area contributed by atoms with Crippen molar-refractivity contribution in [2.24, 2.45) is 5.92 Å². The summed E-state index contributed by atoms with van der Waals surface area (Å²) < 4.78 is 13.2. The van der Waals surface area contributed by atoms with Crippen LogP contribution in [0.4, 0.5) is 10.1 Å². The molecule has 154 valence electrons. The average molecular weight is 397 g/mol. The monoisotopic (exact) mass is 397 g/mol. The number of likely N-dealkylation sites (tertiary alicyclic amines) is 1. The van der Waals surface area contributed by atoms with Crippen molar-refractivity contribution in [1.29, 1.82) is 0 Å². The van der Waals surface area contributed by atoms with E-state index in [-0.39, 0.29) is 30.2 Å². The van der Waals surface area contributed by atoms with E-state index in [1.165, 1.54) is 12.1 Å². The first kappa shape index (κ1) is 21.0. The summed E-state index contributed by atoms with van der Waals surface area (Å²) in [4.78, 5) is 27.3. The molecule has 2 aromatic rings. The lowest BCUT2D eigenvalue weighted by molar-refractivity contribution is -0.117. The van der Waals surface area contributed by atoms with Crippen LogP contribution in [-0.4, -0.2) is 36.3 Å². The van der Waals surface area contributed by atoms with Crippen molar-refractivity contribution in [2.45, 2.75) is 32.7 Å². The van der Waals surface area contributed by atoms with E-state index in [4.69, 9.17) is 0 Å². The van der Waals surface area contributed by atoms with Crippen molar-refractivity contribution in [2.75, 3.05) is 25.0 Å². The number of carbonyl (C=O) groups is 2. The highest BCUT2D eigenvalue weighted by atomic mass is 19.1. The highest BCUT2D eigenvalue weighted by Crippen LogP contribution is 2.31. The maximum atomic E-state index is 13.2. The Balaban J connectivity index is 1.65. The third-order valence-electron chi connectivity index (χ3n) is 5.08. The maximum absolute atomic E-state index is 13.2. The van der Waals surface area contributed by atoms with Crippen molar-refractivity contribution < 1.29 is 14.0 Å². The van der Waals surface area contributed by atoms with Gasteiger partial charge >= 0.3 is 0 Å². The van der Waals surface area contributed by atoms with Gasteiger partial charge in [-0.05, 0) is 55.1 Å². The van der Waals surface area contributed by atoms with Crippen molar-refractivity contribution in [3.63, 3.8) is 0 Å². The van der Waals surface area contributed by atoms with E-state index >= 15 is 0 Å². The molecule has 2 aromatic carbocycles. The lowest BCUT2D eigenvalue weighted by atomic mass is 10.0. The molecule has 0 spiro atoms. The van der Waals surface area contributed by atoms with Crippen LogP contribution in [0.2, 0.25) is 0 Å². The van der Waals surface area contributed by atoms with Crippen LogP contribution in [0.5, 0.6) is 0 Å². The molecule has 2 amide bonds. The molecule has 0 aliphatic carbocycles. The van der Waals surface area contributed by atoms with Gasteiger partial charge in [-0.25, -0.2) is 4.39 Å². The first-order valence-corrected chi connectivity index (χ1v) is 10.1. The smallest absolute Gasteiger partial charge is 0.253 e. The largest absolute Gasteiger partial charge is 0.352 e. The van der Waals surface area contributed by atoms with Crippen LogP contribution in [0.25, 0.3) is 0 Å². The summed E-state index contributed by atoms with van der Waals surface area (Å²) in [5.74, 6) is -0.272. The van der Waals surface area contributed by atoms with Gasteiger partial charge in [-0.15, -0.1) is 0 Å². The Hall–Kier alpha value is -2.73. The Morgan fingerprint density at radius 1 is 1.14 bits per heavy atom. The van der Waals surface area contributed by atoms with Gasteiger partial charge in [0.2, 0.25) is 5.91 Å². The lowest BCUT2D eigenvalue weighted by Gasteiger charge is -2.24. The minimum Gasteiger partial charge on any atom is -0.352 e. The van der Waals surface area contributed by atoms with Gasteiger partial charge in [0.15, 0.2) is 0 Å². The normalized spacial score (nSPS) is 16.8. The molecule has 0 radical (unpaired) electrons. The molecule has 2 N–H and O–H groups in total. The van der Waals surface area contributed by atoms with Gasteiger partial charge in [-0.3, -0.25) is 14.5 Å². The number of para-hydroxylation sites is 1. The van der Waals surface area contributed by atoms with E-state index in [1.54, 1.807) is 36.4 Å². The fourth-order valence-corrected chi connectivity index (χ4v) is 3.63. The second-order valence-corrected chi connectivity index (χ2v) is 7.88. The molecule has 1 fully saturated rings. The Morgan fingerprint density at radius 3 is 2.59 bits per heavy atom. The molecule has 1 heterocycles. The molecule has 29 heavy (non-hydrogen) atoms. The van der Waals surface area contributed by atoms with Gasteiger partial charge in [0.25, 0.3) is 5.91 Å². The Bertz CT molecular complexity index is 851. The minimum atomic E-state index is -0.261. The third-order valence-corrected chi connectivity index (χ3v) is 5.08. The van der Waals surface area contributed by atoms with Crippen LogP contribution >= 0.6 is 0 Å². The van der Waals surface area contributed by atoms with Crippen molar-refractivity contribution in [3.8, 4) is 0 Å². The summed E-state index contributed by atoms with van der Waals surface area (Å²) in [6, 6.07) is 13.6. The molecule has 0 aromatic heterocycles. The molecular formula is C23H28FN3O2. The standard InChI is InChI=1S/C23H28FN3O2/c1-16(2)14-25-23(29)19-6-3-4-7-20(19)26-22(28)15-27-13-5-8-21(27)17-9-11-18(24)12-10-17/h3-4,6-7,9-12,16,21H,5,8,13-15H2,1-2H3,(H,25,29)(H,26,28). The van der Waals surface area contributed by atoms with Crippen molar-refractivity contribution >= 4 is 17.5 Å². The van der Waals surface area contributed by atoms with E-state index in [0.29, 0.717) is 23.7 Å². The second-order valence-electron chi connectivity index (χ2n) is 7.88. The number of amides is 2. The van der Waals surface area contributed by atoms with E-state index in [2.05, 4.69) is 15.5 Å². The van der Waals surface area contributed by atoms with E-state index in [1.807, 2.05) is 13.8 Å². The van der Waals surface area contributed by atoms with Gasteiger partial charge in [-0.1, -0.05) is 38.1 Å². The predicted octanol–water partition coefficient (Wildman–Crippen LogP) is 3.99. The number of carbonyl (C=O) groups excluding carboxylic acids is 2. The minimum absolute atomic E-state index is 0.103. The summed E-state index contributed by atoms with van der Waals surface area (Å²) in [6.07, 6.45) is 1.93. The summed E-state index contributed by atoms with van der Waals surface area (Å²) in [6.45, 7) is 5.67. The molecule has 1 saturated heterocycles. The van der Waals surface area contributed by atoms with E-state index < -0.39 is 0 Å². The van der Waals surface area contributed by atoms with E-state index in [0.717, 1.165) is 24.9 Å². The van der Waals surface area contributed by atoms with Crippen molar-refractivity contribution in [3.05, 3.63) is 65.5 Å². The number of nitrogens with one attached hydrogen (secondary N) is 2. The van der Waals surface area contributed by atoms with Crippen LogP contribution in [0.1, 0.15) is 48.7 Å². The number of nitrogens with zero attached hydrogens (tertiary/aromatic N) is 1. The van der Waals surface area contributed by atoms with Crippen LogP contribution in [0.15, 0.2) is 48.5 Å². The molecule has 1 aliphatic rings. The molecule has 5 nitrogen and oxygen atoms in total. The summed E-state index contributed by atoms with van der Waals surface area (Å²) in [7, 11) is 0. The third kappa shape index (κ3) is 5.64. The first-order chi connectivity index (χ1) is 13.9. The number of rotatable bonds is 7. The van der Waals surface area contributed by atoms with Crippen LogP contribution in [0.3, 0.4) is 0 Å². The zero-order valence-electron chi connectivity index (χ0n) is 17.0. The first-order valence-electron chi connectivity index (χ1n) is 10.1. The lowest BCUT2D eigenvalue weighted by Crippen LogP contribution is -2.34. The van der Waals surface area contributed by atoms with Gasteiger partial charge < -0.3 is 10.6 Å². The SMILES string of the molecule is CC(C)CNC(=O)c1ccccc1NC(=O)CN1CCCC1c1ccc(F)cc1. The maximum Gasteiger partial charge on any atom is 0.253 e. The van der Waals surface area contributed by atoms with Gasteiger partial charge in [0.1, 0.15) is 5.82 Å². The molecular weight excluding hydrogens is 369 g/mol. The molecule has 1 atom stereocenters. The number of hydrogen-bond acceptors (Lipinski definition) is 3. The second kappa shape index (κ2) is 9.65. The van der Waals surface area contributed by atoms with Gasteiger partial charge in [0, 0.05) is 12.6 Å². The Labute approximate surface area is 171 Å². The van der Waals surface area contributed by atoms with Crippen LogP contribution in [-0.2, 0) is 4.79 Å². The number of benzene rings is 2. The molecule has 6 heteroatoms.